The van der Waals surface area contributed by atoms with Crippen molar-refractivity contribution in [3.63, 3.8) is 0 Å². The SMILES string of the molecule is CCC(Br)C(C)CC1Cc2ccccc2O1. The number of fused-ring (bicyclic) bond motifs is 1. The van der Waals surface area contributed by atoms with Crippen LogP contribution in [-0.2, 0) is 6.42 Å². The topological polar surface area (TPSA) is 9.23 Å². The quantitative estimate of drug-likeness (QED) is 0.753. The van der Waals surface area contributed by atoms with Gasteiger partial charge >= 0.3 is 0 Å². The molecule has 0 fully saturated rings. The molecule has 0 amide bonds. The van der Waals surface area contributed by atoms with Crippen molar-refractivity contribution >= 4 is 15.9 Å². The van der Waals surface area contributed by atoms with Gasteiger partial charge in [0.2, 0.25) is 0 Å². The van der Waals surface area contributed by atoms with Crippen molar-refractivity contribution < 1.29 is 4.74 Å². The summed E-state index contributed by atoms with van der Waals surface area (Å²) in [5.41, 5.74) is 1.36. The third kappa shape index (κ3) is 2.60. The first-order valence-electron chi connectivity index (χ1n) is 6.09. The molecule has 2 heteroatoms. The van der Waals surface area contributed by atoms with Crippen LogP contribution in [0.1, 0.15) is 32.3 Å². The third-order valence-corrected chi connectivity index (χ3v) is 4.91. The molecule has 3 unspecified atom stereocenters. The van der Waals surface area contributed by atoms with Crippen molar-refractivity contribution in [1.29, 1.82) is 0 Å². The van der Waals surface area contributed by atoms with Gasteiger partial charge in [-0.1, -0.05) is 48.0 Å². The summed E-state index contributed by atoms with van der Waals surface area (Å²) in [5.74, 6) is 1.76. The van der Waals surface area contributed by atoms with E-state index in [0.717, 1.165) is 18.6 Å². The molecular formula is C14H19BrO. The monoisotopic (exact) mass is 282 g/mol. The first-order chi connectivity index (χ1) is 7.70. The largest absolute Gasteiger partial charge is 0.490 e. The Morgan fingerprint density at radius 2 is 2.19 bits per heavy atom. The predicted octanol–water partition coefficient (Wildman–Crippen LogP) is 4.19. The average Bonchev–Trinajstić information content (AvgIpc) is 2.69. The maximum atomic E-state index is 5.95. The Kier molecular flexibility index (Phi) is 3.91. The number of halogens is 1. The van der Waals surface area contributed by atoms with Crippen molar-refractivity contribution in [3.8, 4) is 5.75 Å². The Balaban J connectivity index is 1.92. The third-order valence-electron chi connectivity index (χ3n) is 3.36. The molecule has 1 heterocycles. The van der Waals surface area contributed by atoms with Crippen LogP contribution in [0, 0.1) is 5.92 Å². The summed E-state index contributed by atoms with van der Waals surface area (Å²) >= 11 is 3.73. The standard InChI is InChI=1S/C14H19BrO/c1-3-13(15)10(2)8-12-9-11-6-4-5-7-14(11)16-12/h4-7,10,12-13H,3,8-9H2,1-2H3. The molecule has 0 aromatic heterocycles. The van der Waals surface area contributed by atoms with Crippen molar-refractivity contribution in [2.24, 2.45) is 5.92 Å². The van der Waals surface area contributed by atoms with Gasteiger partial charge in [0.1, 0.15) is 11.9 Å². The van der Waals surface area contributed by atoms with E-state index in [4.69, 9.17) is 4.74 Å². The fourth-order valence-electron chi connectivity index (χ4n) is 2.35. The number of rotatable bonds is 4. The van der Waals surface area contributed by atoms with E-state index < -0.39 is 0 Å². The van der Waals surface area contributed by atoms with Crippen LogP contribution < -0.4 is 4.74 Å². The highest BCUT2D eigenvalue weighted by atomic mass is 79.9. The smallest absolute Gasteiger partial charge is 0.123 e. The van der Waals surface area contributed by atoms with E-state index in [1.165, 1.54) is 12.0 Å². The minimum Gasteiger partial charge on any atom is -0.490 e. The minimum atomic E-state index is 0.374. The van der Waals surface area contributed by atoms with Gasteiger partial charge in [-0.15, -0.1) is 0 Å². The zero-order chi connectivity index (χ0) is 11.5. The first-order valence-corrected chi connectivity index (χ1v) is 7.01. The number of benzene rings is 1. The van der Waals surface area contributed by atoms with Gasteiger partial charge in [0.15, 0.2) is 0 Å². The summed E-state index contributed by atoms with van der Waals surface area (Å²) in [6, 6.07) is 8.38. The van der Waals surface area contributed by atoms with E-state index in [1.807, 2.05) is 6.07 Å². The van der Waals surface area contributed by atoms with Crippen LogP contribution >= 0.6 is 15.9 Å². The number of hydrogen-bond acceptors (Lipinski definition) is 1. The average molecular weight is 283 g/mol. The molecule has 1 nitrogen and oxygen atoms in total. The second kappa shape index (κ2) is 5.22. The van der Waals surface area contributed by atoms with Crippen LogP contribution in [0.3, 0.4) is 0 Å². The molecule has 3 atom stereocenters. The maximum Gasteiger partial charge on any atom is 0.123 e. The first kappa shape index (κ1) is 12.0. The summed E-state index contributed by atoms with van der Waals surface area (Å²) in [6.07, 6.45) is 3.77. The van der Waals surface area contributed by atoms with Crippen molar-refractivity contribution in [3.05, 3.63) is 29.8 Å². The number of para-hydroxylation sites is 1. The number of ether oxygens (including phenoxy) is 1. The Morgan fingerprint density at radius 1 is 1.44 bits per heavy atom. The highest BCUT2D eigenvalue weighted by molar-refractivity contribution is 9.09. The molecular weight excluding hydrogens is 264 g/mol. The van der Waals surface area contributed by atoms with E-state index >= 15 is 0 Å². The molecule has 0 saturated heterocycles. The van der Waals surface area contributed by atoms with Gasteiger partial charge in [-0.25, -0.2) is 0 Å². The second-order valence-electron chi connectivity index (χ2n) is 4.69. The van der Waals surface area contributed by atoms with Gasteiger partial charge < -0.3 is 4.74 Å². The van der Waals surface area contributed by atoms with Crippen molar-refractivity contribution in [2.75, 3.05) is 0 Å². The lowest BCUT2D eigenvalue weighted by Gasteiger charge is -2.20. The lowest BCUT2D eigenvalue weighted by molar-refractivity contribution is 0.197. The van der Waals surface area contributed by atoms with Crippen LogP contribution in [0.15, 0.2) is 24.3 Å². The lowest BCUT2D eigenvalue weighted by atomic mass is 9.96. The van der Waals surface area contributed by atoms with Gasteiger partial charge in [0, 0.05) is 11.2 Å². The van der Waals surface area contributed by atoms with Crippen LogP contribution in [0.25, 0.3) is 0 Å². The molecule has 0 aliphatic carbocycles. The van der Waals surface area contributed by atoms with E-state index in [9.17, 15) is 0 Å². The zero-order valence-electron chi connectivity index (χ0n) is 9.95. The summed E-state index contributed by atoms with van der Waals surface area (Å²) in [4.78, 5) is 0.611. The number of alkyl halides is 1. The molecule has 0 radical (unpaired) electrons. The summed E-state index contributed by atoms with van der Waals surface area (Å²) < 4.78 is 5.95. The van der Waals surface area contributed by atoms with Gasteiger partial charge in [-0.2, -0.15) is 0 Å². The molecule has 0 N–H and O–H groups in total. The molecule has 0 saturated carbocycles. The Bertz CT molecular complexity index is 325. The fourth-order valence-corrected chi connectivity index (χ4v) is 2.57. The predicted molar refractivity (Wildman–Crippen MR) is 71.3 cm³/mol. The molecule has 2 rings (SSSR count). The van der Waals surface area contributed by atoms with Crippen molar-refractivity contribution in [1.82, 2.24) is 0 Å². The van der Waals surface area contributed by atoms with Crippen molar-refractivity contribution in [2.45, 2.75) is 44.0 Å². The summed E-state index contributed by atoms with van der Waals surface area (Å²) in [6.45, 7) is 4.52. The van der Waals surface area contributed by atoms with Crippen LogP contribution in [-0.4, -0.2) is 10.9 Å². The molecule has 1 aromatic carbocycles. The summed E-state index contributed by atoms with van der Waals surface area (Å²) in [5, 5.41) is 0. The minimum absolute atomic E-state index is 0.374. The molecule has 1 aromatic rings. The van der Waals surface area contributed by atoms with Gasteiger partial charge in [0.05, 0.1) is 0 Å². The van der Waals surface area contributed by atoms with Crippen LogP contribution in [0.5, 0.6) is 5.75 Å². The lowest BCUT2D eigenvalue weighted by Crippen LogP contribution is -2.21. The van der Waals surface area contributed by atoms with Gasteiger partial charge in [-0.3, -0.25) is 0 Å². The normalized spacial score (nSPS) is 22.3. The van der Waals surface area contributed by atoms with Gasteiger partial charge in [-0.05, 0) is 30.4 Å². The highest BCUT2D eigenvalue weighted by Gasteiger charge is 2.25. The van der Waals surface area contributed by atoms with E-state index in [2.05, 4.69) is 48.0 Å². The Hall–Kier alpha value is -0.500. The van der Waals surface area contributed by atoms with Crippen LogP contribution in [0.4, 0.5) is 0 Å². The second-order valence-corrected chi connectivity index (χ2v) is 5.87. The van der Waals surface area contributed by atoms with E-state index in [0.29, 0.717) is 16.8 Å². The van der Waals surface area contributed by atoms with Gasteiger partial charge in [0.25, 0.3) is 0 Å². The number of hydrogen-bond donors (Lipinski definition) is 0. The molecule has 88 valence electrons. The Morgan fingerprint density at radius 3 is 2.88 bits per heavy atom. The van der Waals surface area contributed by atoms with E-state index in [1.54, 1.807) is 0 Å². The molecule has 0 spiro atoms. The molecule has 1 aliphatic heterocycles. The van der Waals surface area contributed by atoms with E-state index in [-0.39, 0.29) is 0 Å². The highest BCUT2D eigenvalue weighted by Crippen LogP contribution is 2.32. The maximum absolute atomic E-state index is 5.95. The summed E-state index contributed by atoms with van der Waals surface area (Å²) in [7, 11) is 0. The molecule has 0 bridgehead atoms. The fraction of sp³-hybridized carbons (Fsp3) is 0.571. The molecule has 1 aliphatic rings. The van der Waals surface area contributed by atoms with Crippen LogP contribution in [0.2, 0.25) is 0 Å². The zero-order valence-corrected chi connectivity index (χ0v) is 11.5. The molecule has 16 heavy (non-hydrogen) atoms. The Labute approximate surface area is 106 Å².